The summed E-state index contributed by atoms with van der Waals surface area (Å²) < 4.78 is 13.5. The van der Waals surface area contributed by atoms with Crippen molar-refractivity contribution >= 4 is 28.5 Å². The van der Waals surface area contributed by atoms with Crippen LogP contribution in [0.15, 0.2) is 54.6 Å². The van der Waals surface area contributed by atoms with E-state index in [1.165, 1.54) is 12.1 Å². The van der Waals surface area contributed by atoms with E-state index in [0.717, 1.165) is 0 Å². The van der Waals surface area contributed by atoms with Crippen LogP contribution in [0.5, 0.6) is 5.75 Å². The van der Waals surface area contributed by atoms with Gasteiger partial charge in [0.15, 0.2) is 0 Å². The van der Waals surface area contributed by atoms with Crippen molar-refractivity contribution < 1.29 is 9.50 Å². The van der Waals surface area contributed by atoms with Gasteiger partial charge in [0, 0.05) is 16.5 Å². The van der Waals surface area contributed by atoms with Crippen molar-refractivity contribution in [1.82, 2.24) is 15.0 Å². The first kappa shape index (κ1) is 16.2. The molecule has 0 amide bonds. The van der Waals surface area contributed by atoms with Gasteiger partial charge in [-0.25, -0.2) is 19.3 Å². The summed E-state index contributed by atoms with van der Waals surface area (Å²) in [6, 6.07) is 14.4. The first-order chi connectivity index (χ1) is 12.5. The number of hydrogen-bond acceptors (Lipinski definition) is 5. The number of pyridine rings is 1. The summed E-state index contributed by atoms with van der Waals surface area (Å²) in [5, 5.41) is 10.9. The molecule has 0 aliphatic rings. The van der Waals surface area contributed by atoms with Crippen LogP contribution in [-0.4, -0.2) is 20.1 Å². The van der Waals surface area contributed by atoms with Gasteiger partial charge in [0.05, 0.1) is 16.9 Å². The van der Waals surface area contributed by atoms with Gasteiger partial charge in [0.1, 0.15) is 16.7 Å². The first-order valence-corrected chi connectivity index (χ1v) is 8.08. The lowest BCUT2D eigenvalue weighted by molar-refractivity contribution is 0.477. The number of benzene rings is 2. The van der Waals surface area contributed by atoms with Gasteiger partial charge in [0.25, 0.3) is 0 Å². The third-order valence-corrected chi connectivity index (χ3v) is 4.22. The van der Waals surface area contributed by atoms with Crippen LogP contribution in [0.1, 0.15) is 0 Å². The number of fused-ring (bicyclic) bond motifs is 1. The largest absolute Gasteiger partial charge is 0.507 e. The Hall–Kier alpha value is -3.25. The summed E-state index contributed by atoms with van der Waals surface area (Å²) >= 11 is 6.30. The Labute approximate surface area is 152 Å². The fourth-order valence-corrected chi connectivity index (χ4v) is 2.98. The van der Waals surface area contributed by atoms with E-state index in [9.17, 15) is 9.50 Å². The number of nitrogen functional groups attached to an aromatic ring is 1. The Morgan fingerprint density at radius 2 is 1.62 bits per heavy atom. The molecule has 0 bridgehead atoms. The molecule has 0 unspecified atom stereocenters. The summed E-state index contributed by atoms with van der Waals surface area (Å²) in [5.41, 5.74) is 8.30. The topological polar surface area (TPSA) is 84.9 Å². The second-order valence-electron chi connectivity index (χ2n) is 5.68. The van der Waals surface area contributed by atoms with Crippen LogP contribution in [0.3, 0.4) is 0 Å². The van der Waals surface area contributed by atoms with Crippen molar-refractivity contribution in [2.24, 2.45) is 0 Å². The molecule has 4 aromatic rings. The van der Waals surface area contributed by atoms with Crippen LogP contribution in [0.2, 0.25) is 5.15 Å². The average Bonchev–Trinajstić information content (AvgIpc) is 2.61. The minimum absolute atomic E-state index is 0.0242. The number of aromatic nitrogens is 3. The number of nitrogens with zero attached hydrogens (tertiary/aromatic N) is 3. The van der Waals surface area contributed by atoms with Crippen molar-refractivity contribution in [3.05, 3.63) is 65.6 Å². The van der Waals surface area contributed by atoms with Gasteiger partial charge in [0.2, 0.25) is 5.95 Å². The van der Waals surface area contributed by atoms with Gasteiger partial charge < -0.3 is 10.8 Å². The average molecular weight is 367 g/mol. The van der Waals surface area contributed by atoms with Crippen molar-refractivity contribution in [1.29, 1.82) is 0 Å². The summed E-state index contributed by atoms with van der Waals surface area (Å²) in [4.78, 5) is 12.7. The van der Waals surface area contributed by atoms with Gasteiger partial charge in [-0.3, -0.25) is 0 Å². The minimum Gasteiger partial charge on any atom is -0.507 e. The third-order valence-electron chi connectivity index (χ3n) is 3.93. The maximum Gasteiger partial charge on any atom is 0.221 e. The number of para-hydroxylation sites is 1. The molecular weight excluding hydrogens is 355 g/mol. The standard InChI is InChI=1S/C19H12ClFN4O/c20-18-13(8-10-7-11(21)5-6-14(10)23-18)16-9-15(24-19(22)25-16)12-3-1-2-4-17(12)26/h1-9,26H,(H2,22,24,25). The quantitative estimate of drug-likeness (QED) is 0.512. The molecule has 0 aliphatic heterocycles. The van der Waals surface area contributed by atoms with Gasteiger partial charge in [-0.05, 0) is 42.5 Å². The Kier molecular flexibility index (Phi) is 3.89. The molecule has 2 aromatic heterocycles. The molecule has 128 valence electrons. The zero-order chi connectivity index (χ0) is 18.3. The van der Waals surface area contributed by atoms with Gasteiger partial charge in [-0.1, -0.05) is 23.7 Å². The number of phenolic OH excluding ortho intramolecular Hbond substituents is 1. The number of aromatic hydroxyl groups is 1. The number of halogens is 2. The Bertz CT molecular complexity index is 1150. The lowest BCUT2D eigenvalue weighted by atomic mass is 10.1. The second kappa shape index (κ2) is 6.24. The summed E-state index contributed by atoms with van der Waals surface area (Å²) in [5.74, 6) is -0.276. The normalized spacial score (nSPS) is 11.0. The van der Waals surface area contributed by atoms with E-state index in [2.05, 4.69) is 15.0 Å². The predicted molar refractivity (Wildman–Crippen MR) is 99.3 cm³/mol. The first-order valence-electron chi connectivity index (χ1n) is 7.70. The smallest absolute Gasteiger partial charge is 0.221 e. The highest BCUT2D eigenvalue weighted by molar-refractivity contribution is 6.32. The second-order valence-corrected chi connectivity index (χ2v) is 6.04. The molecule has 5 nitrogen and oxygen atoms in total. The molecule has 3 N–H and O–H groups in total. The van der Waals surface area contributed by atoms with Crippen LogP contribution in [0.4, 0.5) is 10.3 Å². The van der Waals surface area contributed by atoms with E-state index in [1.54, 1.807) is 42.5 Å². The summed E-state index contributed by atoms with van der Waals surface area (Å²) in [7, 11) is 0. The van der Waals surface area contributed by atoms with E-state index in [1.807, 2.05) is 0 Å². The molecule has 7 heteroatoms. The molecule has 0 radical (unpaired) electrons. The molecule has 26 heavy (non-hydrogen) atoms. The molecule has 0 saturated heterocycles. The lowest BCUT2D eigenvalue weighted by Gasteiger charge is -2.09. The monoisotopic (exact) mass is 366 g/mol. The number of phenols is 1. The number of rotatable bonds is 2. The number of anilines is 1. The zero-order valence-corrected chi connectivity index (χ0v) is 14.1. The van der Waals surface area contributed by atoms with Crippen molar-refractivity contribution in [2.45, 2.75) is 0 Å². The van der Waals surface area contributed by atoms with E-state index < -0.39 is 0 Å². The van der Waals surface area contributed by atoms with Crippen LogP contribution in [0, 0.1) is 5.82 Å². The van der Waals surface area contributed by atoms with Crippen LogP contribution in [-0.2, 0) is 0 Å². The van der Waals surface area contributed by atoms with Gasteiger partial charge in [-0.15, -0.1) is 0 Å². The van der Waals surface area contributed by atoms with E-state index in [0.29, 0.717) is 33.4 Å². The fraction of sp³-hybridized carbons (Fsp3) is 0. The Balaban J connectivity index is 1.92. The third kappa shape index (κ3) is 2.91. The van der Waals surface area contributed by atoms with Crippen LogP contribution < -0.4 is 5.73 Å². The molecule has 2 aromatic carbocycles. The number of hydrogen-bond donors (Lipinski definition) is 2. The molecule has 0 fully saturated rings. The lowest BCUT2D eigenvalue weighted by Crippen LogP contribution is -1.99. The van der Waals surface area contributed by atoms with Crippen molar-refractivity contribution in [3.63, 3.8) is 0 Å². The highest BCUT2D eigenvalue weighted by Crippen LogP contribution is 2.33. The molecule has 0 saturated carbocycles. The maximum absolute atomic E-state index is 13.5. The van der Waals surface area contributed by atoms with E-state index in [4.69, 9.17) is 17.3 Å². The molecule has 0 atom stereocenters. The molecule has 4 rings (SSSR count). The molecule has 2 heterocycles. The summed E-state index contributed by atoms with van der Waals surface area (Å²) in [6.07, 6.45) is 0. The zero-order valence-electron chi connectivity index (χ0n) is 13.3. The van der Waals surface area contributed by atoms with E-state index in [-0.39, 0.29) is 22.7 Å². The molecule has 0 aliphatic carbocycles. The maximum atomic E-state index is 13.5. The SMILES string of the molecule is Nc1nc(-c2ccccc2O)cc(-c2cc3cc(F)ccc3nc2Cl)n1. The van der Waals surface area contributed by atoms with E-state index >= 15 is 0 Å². The number of nitrogens with two attached hydrogens (primary N) is 1. The van der Waals surface area contributed by atoms with Gasteiger partial charge in [-0.2, -0.15) is 0 Å². The predicted octanol–water partition coefficient (Wildman–Crippen LogP) is 4.44. The van der Waals surface area contributed by atoms with Crippen molar-refractivity contribution in [3.8, 4) is 28.3 Å². The minimum atomic E-state index is -0.371. The Morgan fingerprint density at radius 3 is 2.38 bits per heavy atom. The molecular formula is C19H12ClFN4O. The Morgan fingerprint density at radius 1 is 0.885 bits per heavy atom. The molecule has 0 spiro atoms. The van der Waals surface area contributed by atoms with Crippen LogP contribution in [0.25, 0.3) is 33.4 Å². The van der Waals surface area contributed by atoms with Crippen molar-refractivity contribution in [2.75, 3.05) is 5.73 Å². The summed E-state index contributed by atoms with van der Waals surface area (Å²) in [6.45, 7) is 0. The highest BCUT2D eigenvalue weighted by atomic mass is 35.5. The fourth-order valence-electron chi connectivity index (χ4n) is 2.74. The van der Waals surface area contributed by atoms with Gasteiger partial charge >= 0.3 is 0 Å². The highest BCUT2D eigenvalue weighted by Gasteiger charge is 2.14. The van der Waals surface area contributed by atoms with Crippen LogP contribution >= 0.6 is 11.6 Å².